The minimum Gasteiger partial charge on any atom is -0.368 e. The van der Waals surface area contributed by atoms with Crippen molar-refractivity contribution < 1.29 is 0 Å². The van der Waals surface area contributed by atoms with Gasteiger partial charge in [0.15, 0.2) is 0 Å². The van der Waals surface area contributed by atoms with E-state index in [1.54, 1.807) is 11.3 Å². The number of thiophene rings is 1. The summed E-state index contributed by atoms with van der Waals surface area (Å²) in [5, 5.41) is 6.47. The van der Waals surface area contributed by atoms with Gasteiger partial charge in [0.2, 0.25) is 5.95 Å². The number of hydrogen-bond donors (Lipinski definition) is 2. The van der Waals surface area contributed by atoms with Crippen molar-refractivity contribution in [3.63, 3.8) is 0 Å². The van der Waals surface area contributed by atoms with E-state index < -0.39 is 0 Å². The zero-order valence-electron chi connectivity index (χ0n) is 14.5. The number of fused-ring (bicyclic) bond motifs is 2. The summed E-state index contributed by atoms with van der Waals surface area (Å²) in [5.41, 5.74) is 9.91. The first-order chi connectivity index (χ1) is 12.7. The predicted molar refractivity (Wildman–Crippen MR) is 112 cm³/mol. The van der Waals surface area contributed by atoms with Gasteiger partial charge in [-0.1, -0.05) is 13.8 Å². The molecular weight excluding hydrogens is 412 g/mol. The molecule has 0 spiro atoms. The van der Waals surface area contributed by atoms with Gasteiger partial charge >= 0.3 is 0 Å². The van der Waals surface area contributed by atoms with E-state index in [-0.39, 0.29) is 0 Å². The summed E-state index contributed by atoms with van der Waals surface area (Å²) >= 11 is 5.12. The zero-order chi connectivity index (χ0) is 18.3. The molecular formula is C18H19BrN6S. The number of aromatic nitrogens is 4. The molecule has 0 aromatic carbocycles. The van der Waals surface area contributed by atoms with E-state index >= 15 is 0 Å². The maximum atomic E-state index is 5.94. The van der Waals surface area contributed by atoms with Crippen molar-refractivity contribution in [2.75, 3.05) is 18.8 Å². The summed E-state index contributed by atoms with van der Waals surface area (Å²) in [4.78, 5) is 13.3. The summed E-state index contributed by atoms with van der Waals surface area (Å²) in [6.45, 7) is 5.94. The first-order valence-corrected chi connectivity index (χ1v) is 10.3. The first-order valence-electron chi connectivity index (χ1n) is 8.58. The van der Waals surface area contributed by atoms with Crippen LogP contribution in [0, 0.1) is 0 Å². The van der Waals surface area contributed by atoms with Crippen molar-refractivity contribution in [1.29, 1.82) is 0 Å². The summed E-state index contributed by atoms with van der Waals surface area (Å²) < 4.78 is 4.16. The fraction of sp³-hybridized carbons (Fsp3) is 0.278. The van der Waals surface area contributed by atoms with E-state index in [0.717, 1.165) is 50.1 Å². The molecule has 1 saturated heterocycles. The highest BCUT2D eigenvalue weighted by molar-refractivity contribution is 9.10. The lowest BCUT2D eigenvalue weighted by Crippen LogP contribution is -2.43. The molecule has 8 heteroatoms. The van der Waals surface area contributed by atoms with Gasteiger partial charge in [-0.2, -0.15) is 0 Å². The number of nitrogens with zero attached hydrogens (tertiary/aromatic N) is 4. The standard InChI is InChI=1S/C16H13BrN6S.C2H6/c17-13-3-9-10(7-23(8-4-19-5-8)12(9)6-20-13)14-15-11(1-2-24-15)21-16(18)22-14;1-2/h1-3,6-8,19H,4-5H2,(H2,18,21,22);1-2H3. The van der Waals surface area contributed by atoms with Crippen LogP contribution in [0.5, 0.6) is 0 Å². The maximum absolute atomic E-state index is 5.94. The van der Waals surface area contributed by atoms with Crippen LogP contribution in [-0.2, 0) is 0 Å². The van der Waals surface area contributed by atoms with Crippen LogP contribution in [0.3, 0.4) is 0 Å². The van der Waals surface area contributed by atoms with E-state index in [1.165, 1.54) is 0 Å². The lowest BCUT2D eigenvalue weighted by atomic mass is 10.1. The molecule has 134 valence electrons. The number of nitrogens with two attached hydrogens (primary N) is 1. The molecule has 26 heavy (non-hydrogen) atoms. The van der Waals surface area contributed by atoms with E-state index in [1.807, 2.05) is 37.6 Å². The Kier molecular flexibility index (Phi) is 4.64. The van der Waals surface area contributed by atoms with Gasteiger partial charge < -0.3 is 15.6 Å². The average Bonchev–Trinajstić information content (AvgIpc) is 3.19. The van der Waals surface area contributed by atoms with Gasteiger partial charge in [-0.3, -0.25) is 0 Å². The molecule has 0 amide bonds. The minimum atomic E-state index is 0.301. The second-order valence-corrected chi connectivity index (χ2v) is 7.58. The maximum Gasteiger partial charge on any atom is 0.221 e. The van der Waals surface area contributed by atoms with Crippen molar-refractivity contribution >= 4 is 54.3 Å². The minimum absolute atomic E-state index is 0.301. The van der Waals surface area contributed by atoms with Crippen molar-refractivity contribution in [2.24, 2.45) is 0 Å². The molecule has 4 aromatic rings. The Morgan fingerprint density at radius 1 is 1.31 bits per heavy atom. The van der Waals surface area contributed by atoms with Gasteiger partial charge in [-0.25, -0.2) is 15.0 Å². The summed E-state index contributed by atoms with van der Waals surface area (Å²) in [6, 6.07) is 4.47. The molecule has 0 radical (unpaired) electrons. The van der Waals surface area contributed by atoms with Crippen LogP contribution in [0.2, 0.25) is 0 Å². The number of rotatable bonds is 2. The number of pyridine rings is 1. The third kappa shape index (κ3) is 2.78. The van der Waals surface area contributed by atoms with Crippen LogP contribution in [0.15, 0.2) is 34.5 Å². The van der Waals surface area contributed by atoms with Crippen LogP contribution in [-0.4, -0.2) is 32.6 Å². The second-order valence-electron chi connectivity index (χ2n) is 5.85. The molecule has 0 bridgehead atoms. The molecule has 0 atom stereocenters. The van der Waals surface area contributed by atoms with Gasteiger partial charge in [0, 0.05) is 30.2 Å². The van der Waals surface area contributed by atoms with Crippen molar-refractivity contribution in [1.82, 2.24) is 24.8 Å². The van der Waals surface area contributed by atoms with Gasteiger partial charge in [-0.05, 0) is 33.4 Å². The van der Waals surface area contributed by atoms with Crippen LogP contribution in [0.1, 0.15) is 19.9 Å². The third-order valence-corrected chi connectivity index (χ3v) is 5.76. The van der Waals surface area contributed by atoms with Crippen molar-refractivity contribution in [2.45, 2.75) is 19.9 Å². The topological polar surface area (TPSA) is 81.6 Å². The fourth-order valence-electron chi connectivity index (χ4n) is 3.15. The monoisotopic (exact) mass is 430 g/mol. The molecule has 6 nitrogen and oxygen atoms in total. The van der Waals surface area contributed by atoms with Crippen molar-refractivity contribution in [3.8, 4) is 11.3 Å². The molecule has 1 fully saturated rings. The number of nitrogen functional groups attached to an aromatic ring is 1. The fourth-order valence-corrected chi connectivity index (χ4v) is 4.31. The Morgan fingerprint density at radius 2 is 2.12 bits per heavy atom. The van der Waals surface area contributed by atoms with Crippen molar-refractivity contribution in [3.05, 3.63) is 34.5 Å². The molecule has 1 aliphatic heterocycles. The number of anilines is 1. The van der Waals surface area contributed by atoms with Gasteiger partial charge in [0.1, 0.15) is 4.60 Å². The van der Waals surface area contributed by atoms with Crippen LogP contribution in [0.25, 0.3) is 32.4 Å². The smallest absolute Gasteiger partial charge is 0.221 e. The Morgan fingerprint density at radius 3 is 2.85 bits per heavy atom. The van der Waals surface area contributed by atoms with E-state index in [2.05, 4.69) is 47.0 Å². The highest BCUT2D eigenvalue weighted by Crippen LogP contribution is 2.38. The van der Waals surface area contributed by atoms with E-state index in [4.69, 9.17) is 5.73 Å². The average molecular weight is 431 g/mol. The lowest BCUT2D eigenvalue weighted by Gasteiger charge is -2.29. The van der Waals surface area contributed by atoms with Crippen LogP contribution in [0.4, 0.5) is 5.95 Å². The van der Waals surface area contributed by atoms with E-state index in [9.17, 15) is 0 Å². The first kappa shape index (κ1) is 17.4. The number of nitrogens with one attached hydrogen (secondary N) is 1. The highest BCUT2D eigenvalue weighted by atomic mass is 79.9. The quantitative estimate of drug-likeness (QED) is 0.465. The number of hydrogen-bond acceptors (Lipinski definition) is 6. The zero-order valence-corrected chi connectivity index (χ0v) is 16.9. The number of halogens is 1. The molecule has 4 aromatic heterocycles. The molecule has 0 saturated carbocycles. The molecule has 0 aliphatic carbocycles. The molecule has 1 aliphatic rings. The summed E-state index contributed by atoms with van der Waals surface area (Å²) in [5.74, 6) is 0.301. The highest BCUT2D eigenvalue weighted by Gasteiger charge is 2.24. The molecule has 3 N–H and O–H groups in total. The van der Waals surface area contributed by atoms with E-state index in [0.29, 0.717) is 12.0 Å². The molecule has 5 rings (SSSR count). The largest absolute Gasteiger partial charge is 0.368 e. The van der Waals surface area contributed by atoms with Crippen LogP contribution >= 0.6 is 27.3 Å². The lowest BCUT2D eigenvalue weighted by molar-refractivity contribution is 0.352. The second kappa shape index (κ2) is 6.94. The van der Waals surface area contributed by atoms with Gasteiger partial charge in [0.05, 0.1) is 33.7 Å². The third-order valence-electron chi connectivity index (χ3n) is 4.42. The van der Waals surface area contributed by atoms with Gasteiger partial charge in [0.25, 0.3) is 0 Å². The predicted octanol–water partition coefficient (Wildman–Crippen LogP) is 4.22. The molecule has 5 heterocycles. The Bertz CT molecular complexity index is 1080. The Labute approximate surface area is 163 Å². The summed E-state index contributed by atoms with van der Waals surface area (Å²) in [7, 11) is 0. The normalized spacial score (nSPS) is 14.3. The van der Waals surface area contributed by atoms with Crippen LogP contribution < -0.4 is 11.1 Å². The SMILES string of the molecule is CC.Nc1nc(-c2cn(C3CNC3)c3cnc(Br)cc23)c2sccc2n1. The molecule has 0 unspecified atom stereocenters. The Balaban J connectivity index is 0.000000814. The summed E-state index contributed by atoms with van der Waals surface area (Å²) in [6.07, 6.45) is 4.09. The van der Waals surface area contributed by atoms with Gasteiger partial charge in [-0.15, -0.1) is 11.3 Å². The Hall–Kier alpha value is -2.03.